The van der Waals surface area contributed by atoms with Crippen LogP contribution in [-0.4, -0.2) is 22.3 Å². The molecule has 1 aromatic rings. The van der Waals surface area contributed by atoms with Crippen molar-refractivity contribution in [1.29, 1.82) is 0 Å². The van der Waals surface area contributed by atoms with Gasteiger partial charge in [-0.05, 0) is 44.6 Å². The van der Waals surface area contributed by atoms with Crippen LogP contribution in [0.15, 0.2) is 24.3 Å². The third-order valence-electron chi connectivity index (χ3n) is 4.03. The number of aliphatic carboxylic acids is 1. The summed E-state index contributed by atoms with van der Waals surface area (Å²) in [5, 5.41) is 19.0. The Bertz CT molecular complexity index is 414. The molecule has 18 heavy (non-hydrogen) atoms. The Morgan fingerprint density at radius 3 is 2.33 bits per heavy atom. The van der Waals surface area contributed by atoms with Crippen molar-refractivity contribution in [3.63, 3.8) is 0 Å². The summed E-state index contributed by atoms with van der Waals surface area (Å²) >= 11 is 0. The highest BCUT2D eigenvalue weighted by atomic mass is 16.4. The van der Waals surface area contributed by atoms with Gasteiger partial charge in [-0.25, -0.2) is 0 Å². The summed E-state index contributed by atoms with van der Waals surface area (Å²) in [6.07, 6.45) is 2.57. The maximum Gasteiger partial charge on any atom is 0.309 e. The summed E-state index contributed by atoms with van der Waals surface area (Å²) in [6, 6.07) is 8.04. The smallest absolute Gasteiger partial charge is 0.309 e. The van der Waals surface area contributed by atoms with Gasteiger partial charge in [-0.15, -0.1) is 0 Å². The molecule has 0 unspecified atom stereocenters. The summed E-state index contributed by atoms with van der Waals surface area (Å²) in [6.45, 7) is 2.02. The van der Waals surface area contributed by atoms with Gasteiger partial charge in [-0.1, -0.05) is 29.8 Å². The minimum atomic E-state index is -0.727. The number of aliphatic hydroxyl groups is 1. The first-order valence-electron chi connectivity index (χ1n) is 6.49. The summed E-state index contributed by atoms with van der Waals surface area (Å²) in [7, 11) is 0. The van der Waals surface area contributed by atoms with Gasteiger partial charge in [0, 0.05) is 0 Å². The Morgan fingerprint density at radius 1 is 1.28 bits per heavy atom. The molecule has 3 heteroatoms. The molecule has 98 valence electrons. The summed E-state index contributed by atoms with van der Waals surface area (Å²) in [4.78, 5) is 11.6. The van der Waals surface area contributed by atoms with Gasteiger partial charge in [0.25, 0.3) is 0 Å². The lowest BCUT2D eigenvalue weighted by molar-refractivity contribution is -0.152. The first-order chi connectivity index (χ1) is 8.52. The van der Waals surface area contributed by atoms with Crippen molar-refractivity contribution < 1.29 is 15.0 Å². The fourth-order valence-corrected chi connectivity index (χ4v) is 2.72. The Morgan fingerprint density at radius 2 is 1.83 bits per heavy atom. The SMILES string of the molecule is Cc1ccc(CC2(C(=O)O)CCC(O)CC2)cc1. The second kappa shape index (κ2) is 5.11. The van der Waals surface area contributed by atoms with E-state index in [1.165, 1.54) is 5.56 Å². The van der Waals surface area contributed by atoms with Crippen LogP contribution in [0.5, 0.6) is 0 Å². The third kappa shape index (κ3) is 2.72. The number of aliphatic hydroxyl groups excluding tert-OH is 1. The second-order valence-corrected chi connectivity index (χ2v) is 5.48. The van der Waals surface area contributed by atoms with E-state index in [1.54, 1.807) is 0 Å². The van der Waals surface area contributed by atoms with Crippen molar-refractivity contribution in [1.82, 2.24) is 0 Å². The maximum absolute atomic E-state index is 11.6. The van der Waals surface area contributed by atoms with E-state index in [0.717, 1.165) is 5.56 Å². The highest BCUT2D eigenvalue weighted by Gasteiger charge is 2.41. The fraction of sp³-hybridized carbons (Fsp3) is 0.533. The molecule has 1 aliphatic carbocycles. The molecule has 0 radical (unpaired) electrons. The normalized spacial score (nSPS) is 28.0. The van der Waals surface area contributed by atoms with Crippen LogP contribution < -0.4 is 0 Å². The highest BCUT2D eigenvalue weighted by molar-refractivity contribution is 5.75. The molecule has 2 N–H and O–H groups in total. The zero-order valence-electron chi connectivity index (χ0n) is 10.7. The lowest BCUT2D eigenvalue weighted by Gasteiger charge is -2.35. The first-order valence-corrected chi connectivity index (χ1v) is 6.49. The molecule has 1 saturated carbocycles. The van der Waals surface area contributed by atoms with E-state index in [9.17, 15) is 15.0 Å². The molecule has 0 spiro atoms. The molecule has 1 aromatic carbocycles. The molecule has 0 aliphatic heterocycles. The zero-order chi connectivity index (χ0) is 13.2. The monoisotopic (exact) mass is 248 g/mol. The molecule has 3 nitrogen and oxygen atoms in total. The van der Waals surface area contributed by atoms with Crippen LogP contribution in [0, 0.1) is 12.3 Å². The van der Waals surface area contributed by atoms with Gasteiger partial charge < -0.3 is 10.2 Å². The molecule has 0 heterocycles. The van der Waals surface area contributed by atoms with Crippen LogP contribution in [0.1, 0.15) is 36.8 Å². The number of hydrogen-bond donors (Lipinski definition) is 2. The van der Waals surface area contributed by atoms with Gasteiger partial charge in [-0.3, -0.25) is 4.79 Å². The minimum Gasteiger partial charge on any atom is -0.481 e. The molecule has 0 aromatic heterocycles. The van der Waals surface area contributed by atoms with Crippen LogP contribution in [0.3, 0.4) is 0 Å². The van der Waals surface area contributed by atoms with Gasteiger partial charge in [0.1, 0.15) is 0 Å². The van der Waals surface area contributed by atoms with Crippen LogP contribution in [0.25, 0.3) is 0 Å². The molecular weight excluding hydrogens is 228 g/mol. The van der Waals surface area contributed by atoms with E-state index in [2.05, 4.69) is 0 Å². The number of carboxylic acids is 1. The lowest BCUT2D eigenvalue weighted by Crippen LogP contribution is -2.38. The third-order valence-corrected chi connectivity index (χ3v) is 4.03. The number of hydrogen-bond acceptors (Lipinski definition) is 2. The molecule has 0 bridgehead atoms. The van der Waals surface area contributed by atoms with Crippen molar-refractivity contribution in [2.45, 2.75) is 45.1 Å². The van der Waals surface area contributed by atoms with Crippen molar-refractivity contribution in [3.05, 3.63) is 35.4 Å². The zero-order valence-corrected chi connectivity index (χ0v) is 10.7. The molecule has 2 rings (SSSR count). The van der Waals surface area contributed by atoms with Crippen molar-refractivity contribution in [2.24, 2.45) is 5.41 Å². The molecule has 0 saturated heterocycles. The molecular formula is C15H20O3. The Hall–Kier alpha value is -1.35. The summed E-state index contributed by atoms with van der Waals surface area (Å²) < 4.78 is 0. The van der Waals surface area contributed by atoms with Crippen molar-refractivity contribution in [3.8, 4) is 0 Å². The molecule has 0 atom stereocenters. The first kappa shape index (κ1) is 13.1. The lowest BCUT2D eigenvalue weighted by atomic mass is 9.69. The van der Waals surface area contributed by atoms with Crippen LogP contribution >= 0.6 is 0 Å². The van der Waals surface area contributed by atoms with Crippen LogP contribution in [0.4, 0.5) is 0 Å². The predicted molar refractivity (Wildman–Crippen MR) is 69.4 cm³/mol. The number of carboxylic acid groups (broad SMARTS) is 1. The summed E-state index contributed by atoms with van der Waals surface area (Å²) in [5.74, 6) is -0.727. The van der Waals surface area contributed by atoms with Gasteiger partial charge in [0.15, 0.2) is 0 Å². The molecule has 0 amide bonds. The van der Waals surface area contributed by atoms with Gasteiger partial charge in [-0.2, -0.15) is 0 Å². The molecule has 1 aliphatic rings. The van der Waals surface area contributed by atoms with Gasteiger partial charge in [0.2, 0.25) is 0 Å². The predicted octanol–water partition coefficient (Wildman–Crippen LogP) is 2.54. The van der Waals surface area contributed by atoms with Gasteiger partial charge in [0.05, 0.1) is 11.5 Å². The van der Waals surface area contributed by atoms with E-state index in [1.807, 2.05) is 31.2 Å². The number of carbonyl (C=O) groups is 1. The van der Waals surface area contributed by atoms with E-state index in [4.69, 9.17) is 0 Å². The number of aryl methyl sites for hydroxylation is 1. The topological polar surface area (TPSA) is 57.5 Å². The van der Waals surface area contributed by atoms with E-state index in [0.29, 0.717) is 32.1 Å². The minimum absolute atomic E-state index is 0.324. The average molecular weight is 248 g/mol. The average Bonchev–Trinajstić information content (AvgIpc) is 2.35. The van der Waals surface area contributed by atoms with E-state index < -0.39 is 11.4 Å². The van der Waals surface area contributed by atoms with Gasteiger partial charge >= 0.3 is 5.97 Å². The highest BCUT2D eigenvalue weighted by Crippen LogP contribution is 2.39. The van der Waals surface area contributed by atoms with Crippen molar-refractivity contribution >= 4 is 5.97 Å². The largest absolute Gasteiger partial charge is 0.481 e. The maximum atomic E-state index is 11.6. The Balaban J connectivity index is 2.16. The van der Waals surface area contributed by atoms with Crippen molar-refractivity contribution in [2.75, 3.05) is 0 Å². The quantitative estimate of drug-likeness (QED) is 0.864. The van der Waals surface area contributed by atoms with Crippen LogP contribution in [0.2, 0.25) is 0 Å². The summed E-state index contributed by atoms with van der Waals surface area (Å²) in [5.41, 5.74) is 1.57. The number of rotatable bonds is 3. The van der Waals surface area contributed by atoms with Crippen LogP contribution in [-0.2, 0) is 11.2 Å². The Labute approximate surface area is 107 Å². The standard InChI is InChI=1S/C15H20O3/c1-11-2-4-12(5-3-11)10-15(14(17)18)8-6-13(16)7-9-15/h2-5,13,16H,6-10H2,1H3,(H,17,18). The molecule has 1 fully saturated rings. The van der Waals surface area contributed by atoms with E-state index >= 15 is 0 Å². The second-order valence-electron chi connectivity index (χ2n) is 5.48. The number of benzene rings is 1. The fourth-order valence-electron chi connectivity index (χ4n) is 2.72. The van der Waals surface area contributed by atoms with E-state index in [-0.39, 0.29) is 6.10 Å². The Kier molecular flexibility index (Phi) is 3.71.